The van der Waals surface area contributed by atoms with Crippen molar-refractivity contribution >= 4 is 23.2 Å². The zero-order valence-corrected chi connectivity index (χ0v) is 9.79. The topological polar surface area (TPSA) is 0 Å². The minimum atomic E-state index is 0.194. The molecule has 2 rings (SSSR count). The molecule has 0 aromatic rings. The van der Waals surface area contributed by atoms with Gasteiger partial charge in [0, 0.05) is 0 Å². The van der Waals surface area contributed by atoms with Crippen LogP contribution in [0.4, 0.5) is 0 Å². The highest BCUT2D eigenvalue weighted by atomic mass is 35.5. The molecule has 0 aromatic carbocycles. The Bertz CT molecular complexity index is 99.3. The van der Waals surface area contributed by atoms with Gasteiger partial charge >= 0.3 is 0 Å². The van der Waals surface area contributed by atoms with Crippen LogP contribution in [0.3, 0.4) is 0 Å². The number of rotatable bonds is 0. The Morgan fingerprint density at radius 1 is 0.692 bits per heavy atom. The average molecular weight is 223 g/mol. The number of hydrogen-bond donors (Lipinski definition) is 0. The maximum atomic E-state index is 4.76. The minimum absolute atomic E-state index is 0.194. The Kier molecular flexibility index (Phi) is 6.23. The molecule has 13 heavy (non-hydrogen) atoms. The second kappa shape index (κ2) is 6.95. The van der Waals surface area contributed by atoms with Gasteiger partial charge in [-0.15, -0.1) is 23.2 Å². The second-order valence-corrected chi connectivity index (χ2v) is 5.00. The molecule has 2 heteroatoms. The summed E-state index contributed by atoms with van der Waals surface area (Å²) in [5.74, 6) is 2.31. The van der Waals surface area contributed by atoms with E-state index in [1.165, 1.54) is 25.7 Å². The molecule has 0 heterocycles. The summed E-state index contributed by atoms with van der Waals surface area (Å²) in [7, 11) is 0. The molecule has 78 valence electrons. The minimum Gasteiger partial charge on any atom is -0.109 e. The molecule has 0 bridgehead atoms. The van der Waals surface area contributed by atoms with Crippen LogP contribution in [0.2, 0.25) is 0 Å². The smallest absolute Gasteiger partial charge is 0.0967 e. The summed E-state index contributed by atoms with van der Waals surface area (Å²) in [6.45, 7) is 0. The van der Waals surface area contributed by atoms with Crippen LogP contribution in [0, 0.1) is 11.8 Å². The standard InChI is InChI=1S/C10H18.CH2Cl2/c1-2-6-10-8-4-3-7-9(10)5-1;2-1-3/h9-10H,1-8H2;1H2. The van der Waals surface area contributed by atoms with Gasteiger partial charge in [-0.2, -0.15) is 0 Å². The first kappa shape index (κ1) is 11.7. The number of fused-ring (bicyclic) bond motifs is 1. The Hall–Kier alpha value is 0.580. The molecule has 0 radical (unpaired) electrons. The zero-order chi connectivity index (χ0) is 9.52. The van der Waals surface area contributed by atoms with Gasteiger partial charge in [0.1, 0.15) is 0 Å². The summed E-state index contributed by atoms with van der Waals surface area (Å²) < 4.78 is 0. The van der Waals surface area contributed by atoms with Crippen molar-refractivity contribution in [1.82, 2.24) is 0 Å². The van der Waals surface area contributed by atoms with E-state index in [0.29, 0.717) is 0 Å². The fraction of sp³-hybridized carbons (Fsp3) is 1.00. The third-order valence-corrected chi connectivity index (χ3v) is 3.47. The normalized spacial score (nSPS) is 32.8. The highest BCUT2D eigenvalue weighted by molar-refractivity contribution is 6.40. The summed E-state index contributed by atoms with van der Waals surface area (Å²) in [5.41, 5.74) is 0. The van der Waals surface area contributed by atoms with Crippen molar-refractivity contribution in [2.75, 3.05) is 5.34 Å². The largest absolute Gasteiger partial charge is 0.109 e. The summed E-state index contributed by atoms with van der Waals surface area (Å²) in [5, 5.41) is 0.194. The molecular weight excluding hydrogens is 203 g/mol. The maximum absolute atomic E-state index is 4.76. The van der Waals surface area contributed by atoms with E-state index in [1.807, 2.05) is 0 Å². The van der Waals surface area contributed by atoms with E-state index in [-0.39, 0.29) is 5.34 Å². The predicted octanol–water partition coefficient (Wildman–Crippen LogP) is 4.79. The lowest BCUT2D eigenvalue weighted by Crippen LogP contribution is -2.22. The Labute approximate surface area is 92.0 Å². The van der Waals surface area contributed by atoms with Crippen molar-refractivity contribution in [3.8, 4) is 0 Å². The van der Waals surface area contributed by atoms with Crippen LogP contribution < -0.4 is 0 Å². The van der Waals surface area contributed by atoms with E-state index in [4.69, 9.17) is 23.2 Å². The number of hydrogen-bond acceptors (Lipinski definition) is 0. The third kappa shape index (κ3) is 4.08. The van der Waals surface area contributed by atoms with E-state index in [2.05, 4.69) is 0 Å². The lowest BCUT2D eigenvalue weighted by Gasteiger charge is -2.35. The average Bonchev–Trinajstić information content (AvgIpc) is 2.19. The first-order valence-corrected chi connectivity index (χ1v) is 6.57. The SMILES string of the molecule is C1CCC2CCCCC2C1.ClCCl. The van der Waals surface area contributed by atoms with Crippen molar-refractivity contribution < 1.29 is 0 Å². The van der Waals surface area contributed by atoms with E-state index < -0.39 is 0 Å². The lowest BCUT2D eigenvalue weighted by atomic mass is 9.71. The number of alkyl halides is 2. The number of halogens is 2. The van der Waals surface area contributed by atoms with E-state index in [9.17, 15) is 0 Å². The van der Waals surface area contributed by atoms with Crippen molar-refractivity contribution in [1.29, 1.82) is 0 Å². The van der Waals surface area contributed by atoms with Crippen LogP contribution in [-0.4, -0.2) is 5.34 Å². The van der Waals surface area contributed by atoms with Gasteiger partial charge in [-0.3, -0.25) is 0 Å². The van der Waals surface area contributed by atoms with Crippen molar-refractivity contribution in [2.24, 2.45) is 11.8 Å². The monoisotopic (exact) mass is 222 g/mol. The fourth-order valence-corrected chi connectivity index (χ4v) is 2.86. The van der Waals surface area contributed by atoms with Gasteiger partial charge in [-0.05, 0) is 11.8 Å². The van der Waals surface area contributed by atoms with Crippen LogP contribution in [0.25, 0.3) is 0 Å². The van der Waals surface area contributed by atoms with Gasteiger partial charge in [-0.25, -0.2) is 0 Å². The van der Waals surface area contributed by atoms with Crippen molar-refractivity contribution in [2.45, 2.75) is 51.4 Å². The van der Waals surface area contributed by atoms with Gasteiger partial charge in [0.05, 0.1) is 5.34 Å². The van der Waals surface area contributed by atoms with Crippen LogP contribution >= 0.6 is 23.2 Å². The second-order valence-electron chi connectivity index (χ2n) is 4.19. The van der Waals surface area contributed by atoms with Gasteiger partial charge in [-0.1, -0.05) is 51.4 Å². The van der Waals surface area contributed by atoms with Crippen molar-refractivity contribution in [3.63, 3.8) is 0 Å². The molecule has 0 nitrogen and oxygen atoms in total. The van der Waals surface area contributed by atoms with Crippen LogP contribution in [0.15, 0.2) is 0 Å². The van der Waals surface area contributed by atoms with Crippen LogP contribution in [-0.2, 0) is 0 Å². The summed E-state index contributed by atoms with van der Waals surface area (Å²) in [6.07, 6.45) is 12.4. The molecule has 0 aromatic heterocycles. The van der Waals surface area contributed by atoms with Gasteiger partial charge in [0.2, 0.25) is 0 Å². The fourth-order valence-electron chi connectivity index (χ4n) is 2.86. The van der Waals surface area contributed by atoms with E-state index in [1.54, 1.807) is 25.7 Å². The first-order valence-electron chi connectivity index (χ1n) is 5.50. The Balaban J connectivity index is 0.000000251. The zero-order valence-electron chi connectivity index (χ0n) is 8.27. The van der Waals surface area contributed by atoms with E-state index >= 15 is 0 Å². The van der Waals surface area contributed by atoms with Gasteiger partial charge in [0.25, 0.3) is 0 Å². The highest BCUT2D eigenvalue weighted by Gasteiger charge is 2.26. The van der Waals surface area contributed by atoms with E-state index in [0.717, 1.165) is 11.8 Å². The molecule has 2 saturated carbocycles. The van der Waals surface area contributed by atoms with Gasteiger partial charge < -0.3 is 0 Å². The predicted molar refractivity (Wildman–Crippen MR) is 60.5 cm³/mol. The molecular formula is C11H20Cl2. The Morgan fingerprint density at radius 2 is 0.923 bits per heavy atom. The summed E-state index contributed by atoms with van der Waals surface area (Å²) in [4.78, 5) is 0. The third-order valence-electron chi connectivity index (χ3n) is 3.47. The van der Waals surface area contributed by atoms with Gasteiger partial charge in [0.15, 0.2) is 0 Å². The molecule has 0 unspecified atom stereocenters. The molecule has 2 aliphatic rings. The lowest BCUT2D eigenvalue weighted by molar-refractivity contribution is 0.171. The quantitative estimate of drug-likeness (QED) is 0.518. The molecule has 0 aliphatic heterocycles. The summed E-state index contributed by atoms with van der Waals surface area (Å²) >= 11 is 9.53. The van der Waals surface area contributed by atoms with Crippen LogP contribution in [0.5, 0.6) is 0 Å². The molecule has 0 N–H and O–H groups in total. The molecule has 0 atom stereocenters. The molecule has 0 saturated heterocycles. The molecule has 2 aliphatic carbocycles. The van der Waals surface area contributed by atoms with Crippen molar-refractivity contribution in [3.05, 3.63) is 0 Å². The molecule has 0 spiro atoms. The highest BCUT2D eigenvalue weighted by Crippen LogP contribution is 2.39. The van der Waals surface area contributed by atoms with Crippen LogP contribution in [0.1, 0.15) is 51.4 Å². The molecule has 2 fully saturated rings. The molecule has 0 amide bonds. The summed E-state index contributed by atoms with van der Waals surface area (Å²) in [6, 6.07) is 0. The Morgan fingerprint density at radius 3 is 1.15 bits per heavy atom. The maximum Gasteiger partial charge on any atom is 0.0967 e. The first-order chi connectivity index (χ1) is 6.38.